The Morgan fingerprint density at radius 1 is 1.36 bits per heavy atom. The number of H-pyrrole nitrogens is 1. The van der Waals surface area contributed by atoms with Gasteiger partial charge in [0.15, 0.2) is 0 Å². The van der Waals surface area contributed by atoms with Crippen LogP contribution in [0, 0.1) is 17.7 Å². The lowest BCUT2D eigenvalue weighted by molar-refractivity contribution is 0.0762. The highest BCUT2D eigenvalue weighted by Crippen LogP contribution is 2.44. The van der Waals surface area contributed by atoms with Gasteiger partial charge in [0.1, 0.15) is 11.5 Å². The number of aromatic amines is 1. The van der Waals surface area contributed by atoms with Gasteiger partial charge in [-0.3, -0.25) is 14.8 Å². The summed E-state index contributed by atoms with van der Waals surface area (Å²) in [5.74, 6) is 0.337. The van der Waals surface area contributed by atoms with Gasteiger partial charge < -0.3 is 4.90 Å². The van der Waals surface area contributed by atoms with Gasteiger partial charge in [-0.1, -0.05) is 23.7 Å². The van der Waals surface area contributed by atoms with E-state index in [1.165, 1.54) is 12.3 Å². The highest BCUT2D eigenvalue weighted by atomic mass is 35.5. The normalized spacial score (nSPS) is 25.7. The second-order valence-corrected chi connectivity index (χ2v) is 7.07. The van der Waals surface area contributed by atoms with Gasteiger partial charge in [0.2, 0.25) is 0 Å². The fourth-order valence-corrected chi connectivity index (χ4v) is 4.37. The molecular formula is C17H19Cl2FN4O. The van der Waals surface area contributed by atoms with Crippen LogP contribution in [0.15, 0.2) is 30.5 Å². The van der Waals surface area contributed by atoms with Crippen LogP contribution in [0.3, 0.4) is 0 Å². The lowest BCUT2D eigenvalue weighted by Crippen LogP contribution is -2.33. The van der Waals surface area contributed by atoms with Crippen molar-refractivity contribution in [3.05, 3.63) is 52.6 Å². The van der Waals surface area contributed by atoms with E-state index in [1.54, 1.807) is 12.1 Å². The number of benzene rings is 1. The minimum absolute atomic E-state index is 0. The largest absolute Gasteiger partial charge is 0.337 e. The topological polar surface area (TPSA) is 52.2 Å². The van der Waals surface area contributed by atoms with Crippen molar-refractivity contribution in [1.82, 2.24) is 20.0 Å². The summed E-state index contributed by atoms with van der Waals surface area (Å²) in [6.07, 6.45) is 1.44. The molecule has 0 bridgehead atoms. The van der Waals surface area contributed by atoms with Crippen molar-refractivity contribution in [2.24, 2.45) is 11.8 Å². The molecule has 1 aromatic heterocycles. The molecule has 4 rings (SSSR count). The van der Waals surface area contributed by atoms with Crippen LogP contribution in [0.25, 0.3) is 0 Å². The number of halogens is 3. The summed E-state index contributed by atoms with van der Waals surface area (Å²) in [4.78, 5) is 16.7. The smallest absolute Gasteiger partial charge is 0.273 e. The van der Waals surface area contributed by atoms with Crippen molar-refractivity contribution in [2.45, 2.75) is 6.04 Å². The first-order chi connectivity index (χ1) is 11.5. The number of carbonyl (C=O) groups excluding carboxylic acids is 1. The summed E-state index contributed by atoms with van der Waals surface area (Å²) in [6, 6.07) is 6.89. The summed E-state index contributed by atoms with van der Waals surface area (Å²) in [5.41, 5.74) is 1.31. The molecule has 3 heterocycles. The van der Waals surface area contributed by atoms with Gasteiger partial charge in [-0.2, -0.15) is 5.10 Å². The molecule has 0 radical (unpaired) electrons. The van der Waals surface area contributed by atoms with E-state index in [0.29, 0.717) is 35.6 Å². The zero-order chi connectivity index (χ0) is 16.8. The molecular weight excluding hydrogens is 366 g/mol. The van der Waals surface area contributed by atoms with Crippen molar-refractivity contribution in [1.29, 1.82) is 0 Å². The average Bonchev–Trinajstić information content (AvgIpc) is 3.20. The van der Waals surface area contributed by atoms with Gasteiger partial charge in [0.05, 0.1) is 11.2 Å². The quantitative estimate of drug-likeness (QED) is 0.865. The molecule has 0 spiro atoms. The van der Waals surface area contributed by atoms with Crippen LogP contribution < -0.4 is 0 Å². The fraction of sp³-hybridized carbons (Fsp3) is 0.412. The highest BCUT2D eigenvalue weighted by Gasteiger charge is 2.47. The Bertz CT molecular complexity index is 784. The third-order valence-corrected chi connectivity index (χ3v) is 5.47. The molecule has 1 aromatic carbocycles. The molecule has 1 amide bonds. The van der Waals surface area contributed by atoms with Gasteiger partial charge in [-0.25, -0.2) is 4.39 Å². The van der Waals surface area contributed by atoms with Crippen LogP contribution in [-0.4, -0.2) is 52.6 Å². The third kappa shape index (κ3) is 3.14. The molecule has 5 nitrogen and oxygen atoms in total. The Hall–Kier alpha value is -1.63. The highest BCUT2D eigenvalue weighted by molar-refractivity contribution is 6.33. The maximum Gasteiger partial charge on any atom is 0.273 e. The number of amides is 1. The van der Waals surface area contributed by atoms with Crippen molar-refractivity contribution >= 4 is 29.9 Å². The van der Waals surface area contributed by atoms with E-state index < -0.39 is 0 Å². The molecule has 25 heavy (non-hydrogen) atoms. The maximum absolute atomic E-state index is 13.6. The number of carbonyl (C=O) groups is 1. The van der Waals surface area contributed by atoms with Crippen LogP contribution in [0.2, 0.25) is 5.02 Å². The lowest BCUT2D eigenvalue weighted by Gasteiger charge is -2.26. The number of nitrogens with zero attached hydrogens (tertiary/aromatic N) is 3. The number of likely N-dealkylation sites (tertiary alicyclic amines) is 2. The minimum atomic E-state index is -0.223. The molecule has 3 atom stereocenters. The van der Waals surface area contributed by atoms with E-state index in [-0.39, 0.29) is 30.2 Å². The molecule has 2 fully saturated rings. The number of nitrogens with one attached hydrogen (secondary N) is 1. The van der Waals surface area contributed by atoms with Gasteiger partial charge in [-0.05, 0) is 30.7 Å². The monoisotopic (exact) mass is 384 g/mol. The molecule has 2 aliphatic heterocycles. The Kier molecular flexibility index (Phi) is 5.04. The SMILES string of the molecule is CN1C[C@H]2CN(C(=O)c3[nH]ncc3Cl)C[C@H]2[C@@H]1c1cccc(F)c1.Cl. The molecule has 8 heteroatoms. The van der Waals surface area contributed by atoms with Gasteiger partial charge in [0, 0.05) is 31.6 Å². The lowest BCUT2D eigenvalue weighted by atomic mass is 9.89. The number of rotatable bonds is 2. The molecule has 2 aliphatic rings. The maximum atomic E-state index is 13.6. The molecule has 2 saturated heterocycles. The Balaban J connectivity index is 0.00000182. The predicted molar refractivity (Wildman–Crippen MR) is 95.5 cm³/mol. The standard InChI is InChI=1S/C17H18ClFN4O.ClH/c1-22-7-11-8-23(17(24)15-14(18)6-20-21-15)9-13(11)16(22)10-3-2-4-12(19)5-10;/h2-6,11,13,16H,7-9H2,1H3,(H,20,21);1H/t11-,13+,16-;/m0./s1. The van der Waals surface area contributed by atoms with Crippen LogP contribution in [0.1, 0.15) is 22.1 Å². The third-order valence-electron chi connectivity index (χ3n) is 5.18. The number of aromatic nitrogens is 2. The second kappa shape index (κ2) is 6.94. The zero-order valence-electron chi connectivity index (χ0n) is 13.7. The van der Waals surface area contributed by atoms with Crippen molar-refractivity contribution in [3.8, 4) is 0 Å². The Morgan fingerprint density at radius 3 is 2.84 bits per heavy atom. The van der Waals surface area contributed by atoms with Crippen molar-refractivity contribution in [2.75, 3.05) is 26.7 Å². The van der Waals surface area contributed by atoms with E-state index in [1.807, 2.05) is 11.0 Å². The molecule has 0 aliphatic carbocycles. The summed E-state index contributed by atoms with van der Waals surface area (Å²) >= 11 is 6.01. The van der Waals surface area contributed by atoms with Crippen LogP contribution in [0.4, 0.5) is 4.39 Å². The van der Waals surface area contributed by atoms with Gasteiger partial charge in [-0.15, -0.1) is 12.4 Å². The van der Waals surface area contributed by atoms with E-state index in [9.17, 15) is 9.18 Å². The Morgan fingerprint density at radius 2 is 2.16 bits per heavy atom. The number of hydrogen-bond donors (Lipinski definition) is 1. The number of fused-ring (bicyclic) bond motifs is 1. The second-order valence-electron chi connectivity index (χ2n) is 6.67. The average molecular weight is 385 g/mol. The summed E-state index contributed by atoms with van der Waals surface area (Å²) in [6.45, 7) is 2.23. The van der Waals surface area contributed by atoms with E-state index in [0.717, 1.165) is 12.1 Å². The molecule has 0 unspecified atom stereocenters. The summed E-state index contributed by atoms with van der Waals surface area (Å²) in [5, 5.41) is 6.83. The van der Waals surface area contributed by atoms with Gasteiger partial charge >= 0.3 is 0 Å². The Labute approximate surface area is 156 Å². The van der Waals surface area contributed by atoms with E-state index in [4.69, 9.17) is 11.6 Å². The minimum Gasteiger partial charge on any atom is -0.337 e. The molecule has 1 N–H and O–H groups in total. The van der Waals surface area contributed by atoms with E-state index in [2.05, 4.69) is 22.1 Å². The predicted octanol–water partition coefficient (Wildman–Crippen LogP) is 3.00. The number of hydrogen-bond acceptors (Lipinski definition) is 3. The van der Waals surface area contributed by atoms with E-state index >= 15 is 0 Å². The van der Waals surface area contributed by atoms with Crippen molar-refractivity contribution in [3.63, 3.8) is 0 Å². The van der Waals surface area contributed by atoms with Crippen LogP contribution >= 0.6 is 24.0 Å². The van der Waals surface area contributed by atoms with Gasteiger partial charge in [0.25, 0.3) is 5.91 Å². The summed E-state index contributed by atoms with van der Waals surface area (Å²) < 4.78 is 13.6. The first-order valence-electron chi connectivity index (χ1n) is 7.98. The first-order valence-corrected chi connectivity index (χ1v) is 8.36. The molecule has 2 aromatic rings. The molecule has 134 valence electrons. The zero-order valence-corrected chi connectivity index (χ0v) is 15.2. The molecule has 0 saturated carbocycles. The summed E-state index contributed by atoms with van der Waals surface area (Å²) in [7, 11) is 2.06. The van der Waals surface area contributed by atoms with Crippen LogP contribution in [0.5, 0.6) is 0 Å². The van der Waals surface area contributed by atoms with Crippen LogP contribution in [-0.2, 0) is 0 Å². The fourth-order valence-electron chi connectivity index (χ4n) is 4.20. The first kappa shape index (κ1) is 18.2. The van der Waals surface area contributed by atoms with Crippen molar-refractivity contribution < 1.29 is 9.18 Å².